The lowest BCUT2D eigenvalue weighted by Crippen LogP contribution is -2.47. The predicted octanol–water partition coefficient (Wildman–Crippen LogP) is 3.57. The Morgan fingerprint density at radius 3 is 2.64 bits per heavy atom. The second kappa shape index (κ2) is 8.09. The predicted molar refractivity (Wildman–Crippen MR) is 108 cm³/mol. The highest BCUT2D eigenvalue weighted by Crippen LogP contribution is 2.32. The van der Waals surface area contributed by atoms with Gasteiger partial charge >= 0.3 is 0 Å². The number of hydrogen-bond acceptors (Lipinski definition) is 4. The highest BCUT2D eigenvalue weighted by molar-refractivity contribution is 5.93. The van der Waals surface area contributed by atoms with Gasteiger partial charge in [0.05, 0.1) is 5.92 Å². The molecule has 0 spiro atoms. The molecule has 1 N–H and O–H groups in total. The Hall–Kier alpha value is -2.76. The zero-order chi connectivity index (χ0) is 19.5. The number of nitrogens with zero attached hydrogens (tertiary/aromatic N) is 3. The summed E-state index contributed by atoms with van der Waals surface area (Å²) in [6.45, 7) is 2.67. The molecular weight excluding hydrogens is 352 g/mol. The monoisotopic (exact) mass is 378 g/mol. The van der Waals surface area contributed by atoms with E-state index >= 15 is 0 Å². The Bertz CT molecular complexity index is 868. The van der Waals surface area contributed by atoms with Gasteiger partial charge < -0.3 is 10.2 Å². The van der Waals surface area contributed by atoms with E-state index in [4.69, 9.17) is 0 Å². The van der Waals surface area contributed by atoms with Crippen molar-refractivity contribution in [2.75, 3.05) is 11.9 Å². The van der Waals surface area contributed by atoms with Gasteiger partial charge in [-0.1, -0.05) is 43.2 Å². The van der Waals surface area contributed by atoms with Crippen LogP contribution in [-0.2, 0) is 9.59 Å². The topological polar surface area (TPSA) is 75.2 Å². The molecule has 6 nitrogen and oxygen atoms in total. The van der Waals surface area contributed by atoms with Crippen LogP contribution in [0.1, 0.15) is 44.2 Å². The van der Waals surface area contributed by atoms with Crippen molar-refractivity contribution in [1.82, 2.24) is 14.9 Å². The van der Waals surface area contributed by atoms with Crippen LogP contribution in [0.4, 0.5) is 5.82 Å². The van der Waals surface area contributed by atoms with Crippen molar-refractivity contribution in [2.45, 2.75) is 51.5 Å². The normalized spacial score (nSPS) is 22.3. The molecular formula is C22H26N4O2. The molecule has 0 bridgehead atoms. The van der Waals surface area contributed by atoms with Crippen molar-refractivity contribution in [1.29, 1.82) is 0 Å². The molecule has 2 heterocycles. The van der Waals surface area contributed by atoms with Gasteiger partial charge in [0.1, 0.15) is 5.82 Å². The van der Waals surface area contributed by atoms with Crippen molar-refractivity contribution in [3.63, 3.8) is 0 Å². The Balaban J connectivity index is 1.54. The minimum absolute atomic E-state index is 0.0141. The van der Waals surface area contributed by atoms with Gasteiger partial charge in [0.25, 0.3) is 0 Å². The molecule has 1 aromatic carbocycles. The summed E-state index contributed by atoms with van der Waals surface area (Å²) in [7, 11) is 0. The van der Waals surface area contributed by atoms with Gasteiger partial charge in [0, 0.05) is 36.3 Å². The maximum atomic E-state index is 13.1. The second-order valence-corrected chi connectivity index (χ2v) is 7.72. The number of nitrogens with one attached hydrogen (secondary N) is 1. The zero-order valence-electron chi connectivity index (χ0n) is 16.2. The molecule has 1 saturated carbocycles. The van der Waals surface area contributed by atoms with E-state index in [1.165, 1.54) is 0 Å². The fraction of sp³-hybridized carbons (Fsp3) is 0.455. The third kappa shape index (κ3) is 3.91. The molecule has 28 heavy (non-hydrogen) atoms. The van der Waals surface area contributed by atoms with Gasteiger partial charge in [0.2, 0.25) is 11.8 Å². The summed E-state index contributed by atoms with van der Waals surface area (Å²) >= 11 is 0. The fourth-order valence-electron chi connectivity index (χ4n) is 4.38. The molecule has 4 rings (SSSR count). The van der Waals surface area contributed by atoms with Crippen molar-refractivity contribution < 1.29 is 9.59 Å². The number of hydrogen-bond donors (Lipinski definition) is 1. The molecule has 146 valence electrons. The average molecular weight is 378 g/mol. The first-order chi connectivity index (χ1) is 13.6. The number of aromatic nitrogens is 2. The number of amides is 2. The van der Waals surface area contributed by atoms with E-state index in [-0.39, 0.29) is 23.8 Å². The molecule has 1 saturated heterocycles. The number of carbonyl (C=O) groups is 2. The number of carbonyl (C=O) groups excluding carboxylic acids is 2. The second-order valence-electron chi connectivity index (χ2n) is 7.72. The lowest BCUT2D eigenvalue weighted by molar-refractivity contribution is -0.133. The van der Waals surface area contributed by atoms with Gasteiger partial charge in [-0.2, -0.15) is 0 Å². The number of rotatable bonds is 4. The number of aryl methyl sites for hydroxylation is 1. The summed E-state index contributed by atoms with van der Waals surface area (Å²) in [6, 6.07) is 11.6. The molecule has 1 aliphatic carbocycles. The fourth-order valence-corrected chi connectivity index (χ4v) is 4.38. The van der Waals surface area contributed by atoms with Crippen molar-refractivity contribution in [2.24, 2.45) is 5.92 Å². The van der Waals surface area contributed by atoms with Crippen LogP contribution < -0.4 is 5.32 Å². The summed E-state index contributed by atoms with van der Waals surface area (Å²) in [6.07, 6.45) is 5.32. The van der Waals surface area contributed by atoms with Crippen LogP contribution in [0.2, 0.25) is 0 Å². The first-order valence-electron chi connectivity index (χ1n) is 10.1. The van der Waals surface area contributed by atoms with Crippen LogP contribution in [0.25, 0.3) is 11.4 Å². The van der Waals surface area contributed by atoms with E-state index in [2.05, 4.69) is 15.3 Å². The van der Waals surface area contributed by atoms with Crippen LogP contribution in [0.3, 0.4) is 0 Å². The molecule has 2 fully saturated rings. The highest BCUT2D eigenvalue weighted by Gasteiger charge is 2.38. The molecule has 2 aliphatic rings. The van der Waals surface area contributed by atoms with Gasteiger partial charge in [-0.05, 0) is 26.2 Å². The van der Waals surface area contributed by atoms with Gasteiger partial charge in [-0.15, -0.1) is 0 Å². The molecule has 2 aromatic rings. The Labute approximate surface area is 165 Å². The maximum absolute atomic E-state index is 13.1. The Morgan fingerprint density at radius 2 is 1.89 bits per heavy atom. The van der Waals surface area contributed by atoms with Gasteiger partial charge in [0.15, 0.2) is 5.82 Å². The van der Waals surface area contributed by atoms with Crippen LogP contribution in [0.15, 0.2) is 36.4 Å². The third-order valence-electron chi connectivity index (χ3n) is 5.71. The number of benzene rings is 1. The van der Waals surface area contributed by atoms with E-state index in [1.54, 1.807) is 6.07 Å². The summed E-state index contributed by atoms with van der Waals surface area (Å²) < 4.78 is 0. The first kappa shape index (κ1) is 18.6. The minimum atomic E-state index is -0.175. The SMILES string of the molecule is Cc1cc(NC(=O)[C@@H]2CCCC[C@@H]2N2CCCC2=O)nc(-c2ccccc2)n1. The quantitative estimate of drug-likeness (QED) is 0.882. The molecule has 2 amide bonds. The summed E-state index contributed by atoms with van der Waals surface area (Å²) in [5.41, 5.74) is 1.72. The largest absolute Gasteiger partial charge is 0.339 e. The van der Waals surface area contributed by atoms with Crippen molar-refractivity contribution in [3.8, 4) is 11.4 Å². The van der Waals surface area contributed by atoms with E-state index in [1.807, 2.05) is 42.2 Å². The van der Waals surface area contributed by atoms with Crippen LogP contribution in [0.5, 0.6) is 0 Å². The Kier molecular flexibility index (Phi) is 5.37. The summed E-state index contributed by atoms with van der Waals surface area (Å²) in [4.78, 5) is 36.3. The molecule has 2 atom stereocenters. The van der Waals surface area contributed by atoms with E-state index in [0.717, 1.165) is 49.9 Å². The number of anilines is 1. The van der Waals surface area contributed by atoms with Crippen LogP contribution in [-0.4, -0.2) is 39.3 Å². The molecule has 1 aliphatic heterocycles. The van der Waals surface area contributed by atoms with E-state index in [0.29, 0.717) is 18.1 Å². The van der Waals surface area contributed by atoms with E-state index < -0.39 is 0 Å². The lowest BCUT2D eigenvalue weighted by Gasteiger charge is -2.37. The maximum Gasteiger partial charge on any atom is 0.230 e. The Morgan fingerprint density at radius 1 is 1.11 bits per heavy atom. The molecule has 1 aromatic heterocycles. The van der Waals surface area contributed by atoms with Crippen LogP contribution in [0, 0.1) is 12.8 Å². The summed E-state index contributed by atoms with van der Waals surface area (Å²) in [5.74, 6) is 1.10. The van der Waals surface area contributed by atoms with Crippen molar-refractivity contribution in [3.05, 3.63) is 42.1 Å². The van der Waals surface area contributed by atoms with Gasteiger partial charge in [-0.3, -0.25) is 9.59 Å². The van der Waals surface area contributed by atoms with Gasteiger partial charge in [-0.25, -0.2) is 9.97 Å². The number of likely N-dealkylation sites (tertiary alicyclic amines) is 1. The minimum Gasteiger partial charge on any atom is -0.339 e. The van der Waals surface area contributed by atoms with E-state index in [9.17, 15) is 9.59 Å². The molecule has 0 unspecified atom stereocenters. The smallest absolute Gasteiger partial charge is 0.230 e. The third-order valence-corrected chi connectivity index (χ3v) is 5.71. The summed E-state index contributed by atoms with van der Waals surface area (Å²) in [5, 5.41) is 3.00. The van der Waals surface area contributed by atoms with Crippen molar-refractivity contribution >= 4 is 17.6 Å². The molecule has 0 radical (unpaired) electrons. The molecule has 6 heteroatoms. The highest BCUT2D eigenvalue weighted by atomic mass is 16.2. The van der Waals surface area contributed by atoms with Crippen LogP contribution >= 0.6 is 0 Å². The first-order valence-corrected chi connectivity index (χ1v) is 10.1. The zero-order valence-corrected chi connectivity index (χ0v) is 16.2. The average Bonchev–Trinajstić information content (AvgIpc) is 3.14. The standard InChI is InChI=1S/C22H26N4O2/c1-15-14-19(24-21(23-15)16-8-3-2-4-9-16)25-22(28)17-10-5-6-11-18(17)26-13-7-12-20(26)27/h2-4,8-9,14,17-18H,5-7,10-13H2,1H3,(H,23,24,25,28)/t17-,18+/m1/s1. The lowest BCUT2D eigenvalue weighted by atomic mass is 9.83.